The number of nitrogens with one attached hydrogen (secondary N) is 1. The first-order chi connectivity index (χ1) is 8.65. The Morgan fingerprint density at radius 1 is 1.44 bits per heavy atom. The van der Waals surface area contributed by atoms with Crippen LogP contribution in [0.25, 0.3) is 11.1 Å². The van der Waals surface area contributed by atoms with E-state index in [0.29, 0.717) is 18.5 Å². The SMILES string of the molecule is CN(C)CCNC(=O)Cc1ccc2ncoc2c1. The molecule has 1 amide bonds. The zero-order chi connectivity index (χ0) is 13.0. The summed E-state index contributed by atoms with van der Waals surface area (Å²) in [4.78, 5) is 17.8. The Balaban J connectivity index is 1.90. The summed E-state index contributed by atoms with van der Waals surface area (Å²) in [5.41, 5.74) is 2.46. The molecule has 1 N–H and O–H groups in total. The zero-order valence-electron chi connectivity index (χ0n) is 10.6. The smallest absolute Gasteiger partial charge is 0.224 e. The van der Waals surface area contributed by atoms with Crippen LogP contribution in [0.15, 0.2) is 29.0 Å². The van der Waals surface area contributed by atoms with Crippen molar-refractivity contribution in [1.29, 1.82) is 0 Å². The van der Waals surface area contributed by atoms with Gasteiger partial charge in [0.2, 0.25) is 5.91 Å². The predicted octanol–water partition coefficient (Wildman–Crippen LogP) is 1.05. The Labute approximate surface area is 106 Å². The number of fused-ring (bicyclic) bond motifs is 1. The van der Waals surface area contributed by atoms with E-state index in [4.69, 9.17) is 4.42 Å². The molecule has 1 aromatic carbocycles. The van der Waals surface area contributed by atoms with Crippen LogP contribution in [-0.4, -0.2) is 43.0 Å². The van der Waals surface area contributed by atoms with E-state index in [1.54, 1.807) is 0 Å². The third-order valence-electron chi connectivity index (χ3n) is 2.64. The van der Waals surface area contributed by atoms with Crippen LogP contribution in [0.4, 0.5) is 0 Å². The predicted molar refractivity (Wildman–Crippen MR) is 69.3 cm³/mol. The van der Waals surface area contributed by atoms with Gasteiger partial charge in [-0.15, -0.1) is 0 Å². The lowest BCUT2D eigenvalue weighted by atomic mass is 10.1. The number of carbonyl (C=O) groups is 1. The van der Waals surface area contributed by atoms with Crippen LogP contribution in [0.5, 0.6) is 0 Å². The molecule has 0 spiro atoms. The maximum absolute atomic E-state index is 11.7. The van der Waals surface area contributed by atoms with Gasteiger partial charge in [-0.25, -0.2) is 4.98 Å². The Morgan fingerprint density at radius 2 is 2.28 bits per heavy atom. The van der Waals surface area contributed by atoms with Crippen molar-refractivity contribution >= 4 is 17.0 Å². The molecule has 0 radical (unpaired) electrons. The van der Waals surface area contributed by atoms with E-state index in [9.17, 15) is 4.79 Å². The summed E-state index contributed by atoms with van der Waals surface area (Å²) < 4.78 is 5.20. The van der Waals surface area contributed by atoms with E-state index in [-0.39, 0.29) is 5.91 Å². The number of rotatable bonds is 5. The van der Waals surface area contributed by atoms with Crippen molar-refractivity contribution in [3.05, 3.63) is 30.2 Å². The molecule has 5 nitrogen and oxygen atoms in total. The number of benzene rings is 1. The Hall–Kier alpha value is -1.88. The van der Waals surface area contributed by atoms with Crippen LogP contribution in [0.3, 0.4) is 0 Å². The van der Waals surface area contributed by atoms with Crippen molar-refractivity contribution in [2.24, 2.45) is 0 Å². The molecule has 5 heteroatoms. The second kappa shape index (κ2) is 5.64. The summed E-state index contributed by atoms with van der Waals surface area (Å²) in [6.07, 6.45) is 1.77. The van der Waals surface area contributed by atoms with Gasteiger partial charge < -0.3 is 14.6 Å². The molecule has 1 aromatic heterocycles. The topological polar surface area (TPSA) is 58.4 Å². The lowest BCUT2D eigenvalue weighted by Gasteiger charge is -2.10. The highest BCUT2D eigenvalue weighted by Gasteiger charge is 2.05. The molecule has 96 valence electrons. The Bertz CT molecular complexity index is 534. The molecule has 0 aliphatic carbocycles. The van der Waals surface area contributed by atoms with Crippen molar-refractivity contribution in [1.82, 2.24) is 15.2 Å². The molecule has 1 heterocycles. The third kappa shape index (κ3) is 3.30. The van der Waals surface area contributed by atoms with E-state index in [1.165, 1.54) is 6.39 Å². The number of aromatic nitrogens is 1. The maximum Gasteiger partial charge on any atom is 0.224 e. The molecule has 0 saturated carbocycles. The fourth-order valence-corrected chi connectivity index (χ4v) is 1.68. The molecule has 0 unspecified atom stereocenters. The molecule has 0 bridgehead atoms. The summed E-state index contributed by atoms with van der Waals surface area (Å²) in [7, 11) is 3.95. The lowest BCUT2D eigenvalue weighted by Crippen LogP contribution is -2.32. The Kier molecular flexibility index (Phi) is 3.94. The van der Waals surface area contributed by atoms with E-state index < -0.39 is 0 Å². The number of hydrogen-bond donors (Lipinski definition) is 1. The molecule has 0 atom stereocenters. The summed E-state index contributed by atoms with van der Waals surface area (Å²) in [6.45, 7) is 1.50. The minimum absolute atomic E-state index is 0.0238. The molecular weight excluding hydrogens is 230 g/mol. The van der Waals surface area contributed by atoms with Crippen LogP contribution < -0.4 is 5.32 Å². The van der Waals surface area contributed by atoms with E-state index in [2.05, 4.69) is 10.3 Å². The van der Waals surface area contributed by atoms with Gasteiger partial charge in [-0.3, -0.25) is 4.79 Å². The summed E-state index contributed by atoms with van der Waals surface area (Å²) in [6, 6.07) is 5.62. The number of hydrogen-bond acceptors (Lipinski definition) is 4. The minimum Gasteiger partial charge on any atom is -0.443 e. The largest absolute Gasteiger partial charge is 0.443 e. The third-order valence-corrected chi connectivity index (χ3v) is 2.64. The standard InChI is InChI=1S/C13H17N3O2/c1-16(2)6-5-14-13(17)8-10-3-4-11-12(7-10)18-9-15-11/h3-4,7,9H,5-6,8H2,1-2H3,(H,14,17). The van der Waals surface area contributed by atoms with Crippen LogP contribution in [0.2, 0.25) is 0 Å². The van der Waals surface area contributed by atoms with Gasteiger partial charge >= 0.3 is 0 Å². The van der Waals surface area contributed by atoms with Crippen molar-refractivity contribution in [2.45, 2.75) is 6.42 Å². The van der Waals surface area contributed by atoms with Crippen molar-refractivity contribution in [3.63, 3.8) is 0 Å². The molecule has 0 fully saturated rings. The van der Waals surface area contributed by atoms with Gasteiger partial charge in [0.05, 0.1) is 6.42 Å². The summed E-state index contributed by atoms with van der Waals surface area (Å²) in [5, 5.41) is 2.88. The van der Waals surface area contributed by atoms with Gasteiger partial charge in [-0.05, 0) is 31.8 Å². The molecule has 2 aromatic rings. The monoisotopic (exact) mass is 247 g/mol. The van der Waals surface area contributed by atoms with Gasteiger partial charge in [0.15, 0.2) is 12.0 Å². The normalized spacial score (nSPS) is 11.1. The average Bonchev–Trinajstić information content (AvgIpc) is 2.75. The van der Waals surface area contributed by atoms with Crippen LogP contribution in [0.1, 0.15) is 5.56 Å². The van der Waals surface area contributed by atoms with Crippen molar-refractivity contribution in [2.75, 3.05) is 27.2 Å². The number of nitrogens with zero attached hydrogens (tertiary/aromatic N) is 2. The number of amides is 1. The maximum atomic E-state index is 11.7. The van der Waals surface area contributed by atoms with Gasteiger partial charge in [-0.2, -0.15) is 0 Å². The molecular formula is C13H17N3O2. The van der Waals surface area contributed by atoms with Crippen LogP contribution >= 0.6 is 0 Å². The van der Waals surface area contributed by atoms with Crippen molar-refractivity contribution < 1.29 is 9.21 Å². The number of likely N-dealkylation sites (N-methyl/N-ethyl adjacent to an activating group) is 1. The summed E-state index contributed by atoms with van der Waals surface area (Å²) in [5.74, 6) is 0.0238. The average molecular weight is 247 g/mol. The molecule has 18 heavy (non-hydrogen) atoms. The highest BCUT2D eigenvalue weighted by molar-refractivity contribution is 5.80. The second-order valence-corrected chi connectivity index (χ2v) is 4.48. The quantitative estimate of drug-likeness (QED) is 0.858. The summed E-state index contributed by atoms with van der Waals surface area (Å²) >= 11 is 0. The van der Waals surface area contributed by atoms with E-state index in [0.717, 1.165) is 17.6 Å². The van der Waals surface area contributed by atoms with Gasteiger partial charge in [0, 0.05) is 13.1 Å². The van der Waals surface area contributed by atoms with Crippen LogP contribution in [0, 0.1) is 0 Å². The lowest BCUT2D eigenvalue weighted by molar-refractivity contribution is -0.120. The molecule has 2 rings (SSSR count). The highest BCUT2D eigenvalue weighted by Crippen LogP contribution is 2.14. The fraction of sp³-hybridized carbons (Fsp3) is 0.385. The molecule has 0 saturated heterocycles. The van der Waals surface area contributed by atoms with Gasteiger partial charge in [0.25, 0.3) is 0 Å². The Morgan fingerprint density at radius 3 is 3.06 bits per heavy atom. The molecule has 0 aliphatic rings. The van der Waals surface area contributed by atoms with E-state index >= 15 is 0 Å². The first-order valence-electron chi connectivity index (χ1n) is 5.89. The van der Waals surface area contributed by atoms with Gasteiger partial charge in [0.1, 0.15) is 5.52 Å². The molecule has 0 aliphatic heterocycles. The minimum atomic E-state index is 0.0238. The zero-order valence-corrected chi connectivity index (χ0v) is 10.6. The number of carbonyl (C=O) groups excluding carboxylic acids is 1. The first-order valence-corrected chi connectivity index (χ1v) is 5.89. The second-order valence-electron chi connectivity index (χ2n) is 4.48. The van der Waals surface area contributed by atoms with Crippen LogP contribution in [-0.2, 0) is 11.2 Å². The van der Waals surface area contributed by atoms with Gasteiger partial charge in [-0.1, -0.05) is 6.07 Å². The van der Waals surface area contributed by atoms with E-state index in [1.807, 2.05) is 37.2 Å². The fourth-order valence-electron chi connectivity index (χ4n) is 1.68. The number of oxazole rings is 1. The first kappa shape index (κ1) is 12.6. The van der Waals surface area contributed by atoms with Crippen molar-refractivity contribution in [3.8, 4) is 0 Å². The highest BCUT2D eigenvalue weighted by atomic mass is 16.3.